The van der Waals surface area contributed by atoms with Crippen molar-refractivity contribution in [3.05, 3.63) is 89.1 Å². The Morgan fingerprint density at radius 2 is 2.18 bits per heavy atom. The van der Waals surface area contributed by atoms with Crippen LogP contribution in [0, 0.1) is 0 Å². The highest BCUT2D eigenvalue weighted by Crippen LogP contribution is 2.40. The van der Waals surface area contributed by atoms with E-state index in [0.717, 1.165) is 23.9 Å². The molecule has 2 aromatic heterocycles. The minimum Gasteiger partial charge on any atom is -0.439 e. The number of phosphoric acid groups is 1. The van der Waals surface area contributed by atoms with Crippen LogP contribution in [0.4, 0.5) is 0 Å². The minimum atomic E-state index is -3.98. The van der Waals surface area contributed by atoms with Gasteiger partial charge in [0.05, 0.1) is 11.9 Å². The summed E-state index contributed by atoms with van der Waals surface area (Å²) in [6, 6.07) is 12.6. The lowest BCUT2D eigenvalue weighted by Crippen LogP contribution is -2.78. The molecule has 10 nitrogen and oxygen atoms in total. The summed E-state index contributed by atoms with van der Waals surface area (Å²) in [5.41, 5.74) is 8.22. The summed E-state index contributed by atoms with van der Waals surface area (Å²) >= 11 is 5.97. The maximum atomic E-state index is 11.2. The third kappa shape index (κ3) is 8.19. The van der Waals surface area contributed by atoms with Crippen LogP contribution < -0.4 is 15.8 Å². The molecule has 0 aliphatic heterocycles. The van der Waals surface area contributed by atoms with E-state index in [1.807, 2.05) is 12.1 Å². The van der Waals surface area contributed by atoms with E-state index in [-0.39, 0.29) is 13.3 Å². The lowest BCUT2D eigenvalue weighted by atomic mass is 10.1. The highest BCUT2D eigenvalue weighted by Gasteiger charge is 2.18. The maximum absolute atomic E-state index is 11.2. The number of quaternary nitrogens is 1. The average molecular weight is 508 g/mol. The van der Waals surface area contributed by atoms with Gasteiger partial charge < -0.3 is 19.9 Å². The minimum absolute atomic E-state index is 0.0761. The molecule has 5 N–H and O–H groups in total. The molecule has 34 heavy (non-hydrogen) atoms. The van der Waals surface area contributed by atoms with Gasteiger partial charge in [0, 0.05) is 49.0 Å². The van der Waals surface area contributed by atoms with Crippen molar-refractivity contribution in [3.63, 3.8) is 0 Å². The first kappa shape index (κ1) is 25.8. The number of nitrogens with zero attached hydrogens (tertiary/aromatic N) is 2. The summed E-state index contributed by atoms with van der Waals surface area (Å²) in [7, 11) is -2.88. The standard InChI is InChI=1S/C22H24ClN4O6P/c1-30-34(28,29)31-15-25-9-3-4-17(13-24)21-12-19(27-33-21)10-16-7-8-22(26-14-16)32-20-6-2-5-18(23)11-20/h2-9,11-12,14,25H,10,13,15,24H2,1H3,(H,28,29)/p+1/b9-3-,17-4+. The fourth-order valence-corrected chi connectivity index (χ4v) is 3.29. The monoisotopic (exact) mass is 507 g/mol. The molecule has 0 amide bonds. The summed E-state index contributed by atoms with van der Waals surface area (Å²) in [4.78, 5) is 13.5. The van der Waals surface area contributed by atoms with Gasteiger partial charge in [0.25, 0.3) is 0 Å². The Morgan fingerprint density at radius 1 is 1.32 bits per heavy atom. The normalized spacial score (nSPS) is 13.8. The Hall–Kier alpha value is -2.82. The number of hydrogen-bond acceptors (Lipinski definition) is 8. The van der Waals surface area contributed by atoms with Gasteiger partial charge in [0.2, 0.25) is 5.88 Å². The molecular formula is C22H25ClN4O6P+. The first-order valence-electron chi connectivity index (χ1n) is 10.1. The topological polar surface area (TPSA) is 147 Å². The zero-order valence-electron chi connectivity index (χ0n) is 18.3. The summed E-state index contributed by atoms with van der Waals surface area (Å²) < 4.78 is 31.3. The maximum Gasteiger partial charge on any atom is 0.476 e. The molecular weight excluding hydrogens is 483 g/mol. The van der Waals surface area contributed by atoms with E-state index in [1.54, 1.807) is 60.2 Å². The van der Waals surface area contributed by atoms with Gasteiger partial charge in [-0.1, -0.05) is 28.9 Å². The smallest absolute Gasteiger partial charge is 0.439 e. The lowest BCUT2D eigenvalue weighted by molar-refractivity contribution is -0.617. The number of rotatable bonds is 12. The van der Waals surface area contributed by atoms with Crippen LogP contribution in [0.5, 0.6) is 11.6 Å². The Kier molecular flexibility index (Phi) is 9.55. The van der Waals surface area contributed by atoms with Crippen LogP contribution in [-0.2, 0) is 20.0 Å². The Bertz CT molecular complexity index is 1180. The van der Waals surface area contributed by atoms with E-state index < -0.39 is 7.82 Å². The molecule has 180 valence electrons. The van der Waals surface area contributed by atoms with Crippen LogP contribution in [0.15, 0.2) is 71.5 Å². The van der Waals surface area contributed by atoms with Crippen molar-refractivity contribution in [3.8, 4) is 11.6 Å². The molecule has 0 saturated heterocycles. The van der Waals surface area contributed by atoms with Crippen LogP contribution in [0.25, 0.3) is 5.57 Å². The van der Waals surface area contributed by atoms with Gasteiger partial charge in [-0.05, 0) is 35.9 Å². The van der Waals surface area contributed by atoms with Gasteiger partial charge in [-0.15, -0.1) is 0 Å². The van der Waals surface area contributed by atoms with Crippen LogP contribution in [0.1, 0.15) is 17.0 Å². The van der Waals surface area contributed by atoms with Crippen molar-refractivity contribution < 1.29 is 33.1 Å². The molecule has 0 saturated carbocycles. The number of halogens is 1. The van der Waals surface area contributed by atoms with E-state index in [0.29, 0.717) is 28.8 Å². The SMILES string of the molecule is COP(=O)(O)OC[NH2+]/C=C\C=C(/CN)c1cc(Cc2ccc(Oc3cccc(Cl)c3)nc2)no1. The predicted molar refractivity (Wildman–Crippen MR) is 126 cm³/mol. The predicted octanol–water partition coefficient (Wildman–Crippen LogP) is 3.25. The first-order chi connectivity index (χ1) is 16.4. The van der Waals surface area contributed by atoms with Crippen molar-refractivity contribution in [2.24, 2.45) is 5.73 Å². The van der Waals surface area contributed by atoms with E-state index in [1.165, 1.54) is 0 Å². The van der Waals surface area contributed by atoms with Crippen molar-refractivity contribution >= 4 is 25.0 Å². The number of pyridine rings is 1. The summed E-state index contributed by atoms with van der Waals surface area (Å²) in [6.45, 7) is 0.162. The number of hydrogen-bond donors (Lipinski definition) is 3. The van der Waals surface area contributed by atoms with Gasteiger partial charge in [-0.2, -0.15) is 0 Å². The summed E-state index contributed by atoms with van der Waals surface area (Å²) in [6.07, 6.45) is 7.36. The number of ether oxygens (including phenoxy) is 1. The van der Waals surface area contributed by atoms with E-state index in [9.17, 15) is 4.57 Å². The molecule has 0 aliphatic rings. The molecule has 1 aromatic carbocycles. The second-order valence-electron chi connectivity index (χ2n) is 6.89. The van der Waals surface area contributed by atoms with Crippen molar-refractivity contribution in [1.82, 2.24) is 10.1 Å². The van der Waals surface area contributed by atoms with Gasteiger partial charge in [0.15, 0.2) is 12.5 Å². The van der Waals surface area contributed by atoms with Crippen LogP contribution in [-0.4, -0.2) is 35.4 Å². The number of benzene rings is 1. The zero-order valence-corrected chi connectivity index (χ0v) is 20.0. The van der Waals surface area contributed by atoms with Gasteiger partial charge in [-0.3, -0.25) is 9.84 Å². The molecule has 12 heteroatoms. The zero-order chi connectivity index (χ0) is 24.4. The van der Waals surface area contributed by atoms with Gasteiger partial charge >= 0.3 is 7.82 Å². The fourth-order valence-electron chi connectivity index (χ4n) is 2.73. The second kappa shape index (κ2) is 12.6. The molecule has 0 aliphatic carbocycles. The second-order valence-corrected chi connectivity index (χ2v) is 8.88. The molecule has 0 fully saturated rings. The Morgan fingerprint density at radius 3 is 2.88 bits per heavy atom. The number of allylic oxidation sites excluding steroid dienone is 2. The van der Waals surface area contributed by atoms with Gasteiger partial charge in [0.1, 0.15) is 5.75 Å². The van der Waals surface area contributed by atoms with Crippen LogP contribution in [0.2, 0.25) is 5.02 Å². The van der Waals surface area contributed by atoms with Crippen molar-refractivity contribution in [2.45, 2.75) is 6.42 Å². The molecule has 0 spiro atoms. The quantitative estimate of drug-likeness (QED) is 0.145. The lowest BCUT2D eigenvalue weighted by Gasteiger charge is -2.05. The number of phosphoric ester groups is 1. The largest absolute Gasteiger partial charge is 0.476 e. The summed E-state index contributed by atoms with van der Waals surface area (Å²) in [5, 5.41) is 6.25. The molecule has 1 unspecified atom stereocenters. The molecule has 0 radical (unpaired) electrons. The van der Waals surface area contributed by atoms with Crippen molar-refractivity contribution in [2.75, 3.05) is 20.4 Å². The average Bonchev–Trinajstić information content (AvgIpc) is 3.28. The highest BCUT2D eigenvalue weighted by molar-refractivity contribution is 7.47. The molecule has 0 bridgehead atoms. The Labute approximate surface area is 201 Å². The van der Waals surface area contributed by atoms with Gasteiger partial charge in [-0.25, -0.2) is 14.1 Å². The third-order valence-electron chi connectivity index (χ3n) is 4.41. The fraction of sp³-hybridized carbons (Fsp3) is 0.182. The molecule has 3 aromatic rings. The van der Waals surface area contributed by atoms with E-state index in [2.05, 4.69) is 19.2 Å². The van der Waals surface area contributed by atoms with Crippen molar-refractivity contribution in [1.29, 1.82) is 0 Å². The highest BCUT2D eigenvalue weighted by atomic mass is 35.5. The third-order valence-corrected chi connectivity index (χ3v) is 5.58. The summed E-state index contributed by atoms with van der Waals surface area (Å²) in [5.74, 6) is 1.61. The first-order valence-corrected chi connectivity index (χ1v) is 12.0. The van der Waals surface area contributed by atoms with E-state index in [4.69, 9.17) is 31.5 Å². The number of aromatic nitrogens is 2. The van der Waals surface area contributed by atoms with E-state index >= 15 is 0 Å². The Balaban J connectivity index is 1.54. The molecule has 2 heterocycles. The molecule has 3 rings (SSSR count). The van der Waals surface area contributed by atoms with Crippen LogP contribution in [0.3, 0.4) is 0 Å². The number of nitrogens with two attached hydrogens (primary N) is 2. The van der Waals surface area contributed by atoms with Crippen LogP contribution >= 0.6 is 19.4 Å². The molecule has 1 atom stereocenters.